The van der Waals surface area contributed by atoms with Crippen LogP contribution in [0.1, 0.15) is 136 Å². The Labute approximate surface area is 172 Å². The largest absolute Gasteiger partial charge is 0.381 e. The van der Waals surface area contributed by atoms with Gasteiger partial charge in [-0.25, -0.2) is 0 Å². The number of rotatable bonds is 24. The first-order chi connectivity index (χ1) is 13.4. The van der Waals surface area contributed by atoms with E-state index in [1.807, 2.05) is 0 Å². The molecule has 2 nitrogen and oxygen atoms in total. The Balaban J connectivity index is 2.95. The first-order valence-corrected chi connectivity index (χ1v) is 12.6. The third-order valence-electron chi connectivity index (χ3n) is 5.36. The molecule has 0 radical (unpaired) electrons. The molecule has 0 bridgehead atoms. The van der Waals surface area contributed by atoms with Gasteiger partial charge in [-0.15, -0.1) is 0 Å². The van der Waals surface area contributed by atoms with E-state index in [4.69, 9.17) is 9.47 Å². The average molecular weight is 385 g/mol. The van der Waals surface area contributed by atoms with Crippen LogP contribution in [-0.4, -0.2) is 26.4 Å². The Morgan fingerprint density at radius 2 is 0.593 bits per heavy atom. The summed E-state index contributed by atoms with van der Waals surface area (Å²) in [5.74, 6) is 0. The summed E-state index contributed by atoms with van der Waals surface area (Å²) >= 11 is 0. The third-order valence-corrected chi connectivity index (χ3v) is 5.36. The van der Waals surface area contributed by atoms with Crippen LogP contribution in [-0.2, 0) is 9.47 Å². The van der Waals surface area contributed by atoms with Crippen LogP contribution in [0, 0.1) is 0 Å². The molecule has 0 unspecified atom stereocenters. The molecule has 0 rings (SSSR count). The predicted molar refractivity (Wildman–Crippen MR) is 121 cm³/mol. The zero-order valence-electron chi connectivity index (χ0n) is 19.1. The van der Waals surface area contributed by atoms with E-state index in [-0.39, 0.29) is 0 Å². The van der Waals surface area contributed by atoms with E-state index in [2.05, 4.69) is 13.8 Å². The maximum absolute atomic E-state index is 5.68. The lowest BCUT2D eigenvalue weighted by molar-refractivity contribution is 0.0800. The zero-order valence-corrected chi connectivity index (χ0v) is 19.1. The molecule has 0 aliphatic rings. The summed E-state index contributed by atoms with van der Waals surface area (Å²) in [5, 5.41) is 0. The Morgan fingerprint density at radius 3 is 1.00 bits per heavy atom. The van der Waals surface area contributed by atoms with Crippen molar-refractivity contribution in [3.05, 3.63) is 0 Å². The second-order valence-corrected chi connectivity index (χ2v) is 8.24. The van der Waals surface area contributed by atoms with Crippen molar-refractivity contribution in [2.24, 2.45) is 0 Å². The Kier molecular flexibility index (Phi) is 25.8. The molecule has 0 aromatic heterocycles. The van der Waals surface area contributed by atoms with E-state index in [0.29, 0.717) is 0 Å². The van der Waals surface area contributed by atoms with Gasteiger partial charge in [0.1, 0.15) is 0 Å². The number of ether oxygens (including phenoxy) is 2. The number of hydrogen-bond acceptors (Lipinski definition) is 2. The fourth-order valence-corrected chi connectivity index (χ4v) is 3.47. The van der Waals surface area contributed by atoms with Crippen LogP contribution >= 0.6 is 0 Å². The van der Waals surface area contributed by atoms with Gasteiger partial charge in [0.05, 0.1) is 0 Å². The highest BCUT2D eigenvalue weighted by molar-refractivity contribution is 4.50. The molecule has 0 heterocycles. The molecular formula is C25H52O2. The minimum atomic E-state index is 0.860. The normalized spacial score (nSPS) is 11.3. The van der Waals surface area contributed by atoms with E-state index in [9.17, 15) is 0 Å². The molecule has 2 heteroatoms. The molecule has 0 spiro atoms. The first-order valence-electron chi connectivity index (χ1n) is 12.6. The summed E-state index contributed by atoms with van der Waals surface area (Å²) < 4.78 is 11.2. The lowest BCUT2D eigenvalue weighted by Crippen LogP contribution is -2.03. The monoisotopic (exact) mass is 384 g/mol. The standard InChI is InChI=1S/C25H52O2/c1-3-5-7-8-9-10-11-12-13-14-15-16-17-18-19-20-23-27-25-21-24-26-22-6-4-2/h3-25H2,1-2H3. The van der Waals surface area contributed by atoms with Crippen molar-refractivity contribution in [1.29, 1.82) is 0 Å². The van der Waals surface area contributed by atoms with Gasteiger partial charge in [-0.3, -0.25) is 0 Å². The van der Waals surface area contributed by atoms with Crippen LogP contribution in [0.2, 0.25) is 0 Å². The van der Waals surface area contributed by atoms with Crippen LogP contribution in [0.5, 0.6) is 0 Å². The van der Waals surface area contributed by atoms with Crippen LogP contribution in [0.25, 0.3) is 0 Å². The maximum atomic E-state index is 5.68. The zero-order chi connectivity index (χ0) is 19.7. The maximum Gasteiger partial charge on any atom is 0.0487 e. The summed E-state index contributed by atoms with van der Waals surface area (Å²) in [6.45, 7) is 8.07. The van der Waals surface area contributed by atoms with Gasteiger partial charge in [0, 0.05) is 26.4 Å². The second-order valence-electron chi connectivity index (χ2n) is 8.24. The van der Waals surface area contributed by atoms with E-state index >= 15 is 0 Å². The molecule has 0 saturated carbocycles. The highest BCUT2D eigenvalue weighted by Crippen LogP contribution is 2.13. The van der Waals surface area contributed by atoms with Gasteiger partial charge in [0.2, 0.25) is 0 Å². The van der Waals surface area contributed by atoms with Gasteiger partial charge in [-0.05, 0) is 19.3 Å². The molecule has 0 aromatic rings. The third kappa shape index (κ3) is 25.9. The van der Waals surface area contributed by atoms with Crippen molar-refractivity contribution < 1.29 is 9.47 Å². The van der Waals surface area contributed by atoms with Crippen molar-refractivity contribution in [3.8, 4) is 0 Å². The Hall–Kier alpha value is -0.0800. The average Bonchev–Trinajstić information content (AvgIpc) is 2.68. The van der Waals surface area contributed by atoms with E-state index in [1.54, 1.807) is 0 Å². The van der Waals surface area contributed by atoms with Crippen molar-refractivity contribution >= 4 is 0 Å². The first kappa shape index (κ1) is 26.9. The van der Waals surface area contributed by atoms with E-state index < -0.39 is 0 Å². The fourth-order valence-electron chi connectivity index (χ4n) is 3.47. The summed E-state index contributed by atoms with van der Waals surface area (Å²) in [6.07, 6.45) is 26.2. The quantitative estimate of drug-likeness (QED) is 0.155. The van der Waals surface area contributed by atoms with Gasteiger partial charge in [-0.2, -0.15) is 0 Å². The van der Waals surface area contributed by atoms with Crippen LogP contribution in [0.4, 0.5) is 0 Å². The molecule has 27 heavy (non-hydrogen) atoms. The molecule has 0 amide bonds. The molecule has 0 aliphatic carbocycles. The summed E-state index contributed by atoms with van der Waals surface area (Å²) in [5.41, 5.74) is 0. The second kappa shape index (κ2) is 25.9. The van der Waals surface area contributed by atoms with Crippen LogP contribution < -0.4 is 0 Å². The Morgan fingerprint density at radius 1 is 0.296 bits per heavy atom. The minimum Gasteiger partial charge on any atom is -0.381 e. The molecule has 0 aromatic carbocycles. The summed E-state index contributed by atoms with van der Waals surface area (Å²) in [6, 6.07) is 0. The topological polar surface area (TPSA) is 18.5 Å². The van der Waals surface area contributed by atoms with Gasteiger partial charge in [-0.1, -0.05) is 117 Å². The highest BCUT2D eigenvalue weighted by Gasteiger charge is 1.95. The molecule has 0 N–H and O–H groups in total. The van der Waals surface area contributed by atoms with E-state index in [1.165, 1.54) is 116 Å². The van der Waals surface area contributed by atoms with Crippen molar-refractivity contribution in [1.82, 2.24) is 0 Å². The lowest BCUT2D eigenvalue weighted by atomic mass is 10.0. The summed E-state index contributed by atoms with van der Waals surface area (Å²) in [4.78, 5) is 0. The molecule has 0 saturated heterocycles. The van der Waals surface area contributed by atoms with E-state index in [0.717, 1.165) is 32.8 Å². The fraction of sp³-hybridized carbons (Fsp3) is 1.00. The van der Waals surface area contributed by atoms with Crippen molar-refractivity contribution in [2.45, 2.75) is 136 Å². The summed E-state index contributed by atoms with van der Waals surface area (Å²) in [7, 11) is 0. The molecule has 0 fully saturated rings. The predicted octanol–water partition coefficient (Wildman–Crippen LogP) is 8.47. The molecule has 0 aliphatic heterocycles. The van der Waals surface area contributed by atoms with Gasteiger partial charge >= 0.3 is 0 Å². The van der Waals surface area contributed by atoms with Gasteiger partial charge in [0.15, 0.2) is 0 Å². The van der Waals surface area contributed by atoms with Crippen molar-refractivity contribution in [2.75, 3.05) is 26.4 Å². The number of unbranched alkanes of at least 4 members (excludes halogenated alkanes) is 16. The molecular weight excluding hydrogens is 332 g/mol. The lowest BCUT2D eigenvalue weighted by Gasteiger charge is -2.06. The number of hydrogen-bond donors (Lipinski definition) is 0. The van der Waals surface area contributed by atoms with Gasteiger partial charge in [0.25, 0.3) is 0 Å². The SMILES string of the molecule is CCCCCCCCCCCCCCCCCCOCCCOCCCC. The smallest absolute Gasteiger partial charge is 0.0487 e. The molecule has 0 atom stereocenters. The van der Waals surface area contributed by atoms with Crippen LogP contribution in [0.3, 0.4) is 0 Å². The minimum absolute atomic E-state index is 0.860. The Bertz CT molecular complexity index is 218. The molecule has 164 valence electrons. The van der Waals surface area contributed by atoms with Gasteiger partial charge < -0.3 is 9.47 Å². The van der Waals surface area contributed by atoms with Crippen molar-refractivity contribution in [3.63, 3.8) is 0 Å². The highest BCUT2D eigenvalue weighted by atomic mass is 16.5. The van der Waals surface area contributed by atoms with Crippen LogP contribution in [0.15, 0.2) is 0 Å².